The van der Waals surface area contributed by atoms with Gasteiger partial charge in [-0.05, 0) is 12.1 Å². The van der Waals surface area contributed by atoms with E-state index in [0.29, 0.717) is 5.69 Å². The lowest BCUT2D eigenvalue weighted by Gasteiger charge is -2.16. The Hall–Kier alpha value is -2.70. The normalized spacial score (nSPS) is 9.83. The first-order valence-corrected chi connectivity index (χ1v) is 5.03. The van der Waals surface area contributed by atoms with E-state index in [0.717, 1.165) is 4.90 Å². The second-order valence-corrected chi connectivity index (χ2v) is 3.23. The number of hydrogen-bond acceptors (Lipinski definition) is 5. The van der Waals surface area contributed by atoms with Crippen LogP contribution in [0.4, 0.5) is 16.4 Å². The number of carboxylic acid groups (broad SMARTS) is 1. The van der Waals surface area contributed by atoms with Crippen LogP contribution in [0.1, 0.15) is 0 Å². The zero-order chi connectivity index (χ0) is 13.0. The summed E-state index contributed by atoms with van der Waals surface area (Å²) in [5.41, 5.74) is 0.443. The van der Waals surface area contributed by atoms with Gasteiger partial charge in [-0.25, -0.2) is 14.7 Å². The molecule has 0 saturated heterocycles. The predicted octanol–water partition coefficient (Wildman–Crippen LogP) is 1.70. The van der Waals surface area contributed by atoms with Gasteiger partial charge in [0.15, 0.2) is 0 Å². The fraction of sp³-hybridized carbons (Fsp3) is 0.0909. The molecular weight excluding hydrogens is 236 g/mol. The number of aromatic nitrogens is 3. The van der Waals surface area contributed by atoms with E-state index >= 15 is 0 Å². The monoisotopic (exact) mass is 246 g/mol. The van der Waals surface area contributed by atoms with Crippen LogP contribution in [0, 0.1) is 0 Å². The van der Waals surface area contributed by atoms with Crippen LogP contribution in [0.5, 0.6) is 6.01 Å². The summed E-state index contributed by atoms with van der Waals surface area (Å²) in [4.78, 5) is 23.7. The van der Waals surface area contributed by atoms with E-state index in [4.69, 9.17) is 4.74 Å². The molecule has 7 heteroatoms. The summed E-state index contributed by atoms with van der Waals surface area (Å²) >= 11 is 0. The van der Waals surface area contributed by atoms with E-state index in [2.05, 4.69) is 15.0 Å². The lowest BCUT2D eigenvalue weighted by atomic mass is 10.3. The number of ether oxygens (including phenoxy) is 1. The van der Waals surface area contributed by atoms with E-state index in [1.54, 1.807) is 30.3 Å². The molecule has 0 fully saturated rings. The molecule has 0 aliphatic rings. The third kappa shape index (κ3) is 2.34. The third-order valence-corrected chi connectivity index (χ3v) is 2.13. The highest BCUT2D eigenvalue weighted by Gasteiger charge is 2.20. The largest absolute Gasteiger partial charge is 0.467 e. The highest BCUT2D eigenvalue weighted by molar-refractivity contribution is 5.92. The Bertz CT molecular complexity index is 547. The number of amides is 1. The van der Waals surface area contributed by atoms with Gasteiger partial charge in [0.25, 0.3) is 0 Å². The smallest absolute Gasteiger partial charge is 0.418 e. The first kappa shape index (κ1) is 11.8. The first-order chi connectivity index (χ1) is 8.72. The third-order valence-electron chi connectivity index (χ3n) is 2.13. The molecule has 1 aromatic carbocycles. The van der Waals surface area contributed by atoms with Crippen LogP contribution in [0.3, 0.4) is 0 Å². The summed E-state index contributed by atoms with van der Waals surface area (Å²) in [6.45, 7) is 0. The molecule has 1 amide bonds. The second kappa shape index (κ2) is 5.09. The lowest BCUT2D eigenvalue weighted by Crippen LogP contribution is -2.25. The maximum absolute atomic E-state index is 11.3. The summed E-state index contributed by atoms with van der Waals surface area (Å²) in [5.74, 6) is -0.0134. The molecule has 2 rings (SSSR count). The number of benzene rings is 1. The summed E-state index contributed by atoms with van der Waals surface area (Å²) < 4.78 is 4.84. The standard InChI is InChI=1S/C11H10N4O3/c1-18-10-13-7-12-9(14-10)15(11(16)17)8-5-3-2-4-6-8/h2-7H,1H3,(H,16,17). The molecule has 0 bridgehead atoms. The van der Waals surface area contributed by atoms with Crippen LogP contribution in [0.25, 0.3) is 0 Å². The molecule has 0 spiro atoms. The summed E-state index contributed by atoms with van der Waals surface area (Å²) in [6.07, 6.45) is 0.00880. The SMILES string of the molecule is COc1ncnc(N(C(=O)O)c2ccccc2)n1. The number of anilines is 2. The van der Waals surface area contributed by atoms with Gasteiger partial charge in [0.2, 0.25) is 5.95 Å². The van der Waals surface area contributed by atoms with E-state index in [1.165, 1.54) is 13.4 Å². The number of rotatable bonds is 3. The summed E-state index contributed by atoms with van der Waals surface area (Å²) in [7, 11) is 1.40. The van der Waals surface area contributed by atoms with Crippen molar-refractivity contribution in [2.75, 3.05) is 12.0 Å². The number of methoxy groups -OCH3 is 1. The number of hydrogen-bond donors (Lipinski definition) is 1. The fourth-order valence-electron chi connectivity index (χ4n) is 1.37. The Morgan fingerprint density at radius 2 is 2.00 bits per heavy atom. The van der Waals surface area contributed by atoms with Crippen LogP contribution < -0.4 is 9.64 Å². The van der Waals surface area contributed by atoms with Gasteiger partial charge in [-0.2, -0.15) is 9.97 Å². The van der Waals surface area contributed by atoms with Gasteiger partial charge in [0.1, 0.15) is 6.33 Å². The molecule has 0 radical (unpaired) electrons. The Morgan fingerprint density at radius 3 is 2.61 bits per heavy atom. The van der Waals surface area contributed by atoms with Gasteiger partial charge < -0.3 is 9.84 Å². The number of para-hydroxylation sites is 1. The molecule has 7 nitrogen and oxygen atoms in total. The van der Waals surface area contributed by atoms with Crippen molar-refractivity contribution >= 4 is 17.7 Å². The molecule has 0 saturated carbocycles. The summed E-state index contributed by atoms with van der Waals surface area (Å²) in [6, 6.07) is 8.59. The molecular formula is C11H10N4O3. The van der Waals surface area contributed by atoms with Crippen molar-refractivity contribution < 1.29 is 14.6 Å². The lowest BCUT2D eigenvalue weighted by molar-refractivity contribution is 0.204. The van der Waals surface area contributed by atoms with E-state index in [-0.39, 0.29) is 12.0 Å². The molecule has 0 aliphatic heterocycles. The zero-order valence-corrected chi connectivity index (χ0v) is 9.52. The molecule has 0 atom stereocenters. The topological polar surface area (TPSA) is 88.4 Å². The van der Waals surface area contributed by atoms with Gasteiger partial charge in [0, 0.05) is 0 Å². The van der Waals surface area contributed by atoms with E-state index < -0.39 is 6.09 Å². The second-order valence-electron chi connectivity index (χ2n) is 3.23. The highest BCUT2D eigenvalue weighted by Crippen LogP contribution is 2.22. The van der Waals surface area contributed by atoms with Gasteiger partial charge in [-0.15, -0.1) is 0 Å². The van der Waals surface area contributed by atoms with Gasteiger partial charge in [-0.1, -0.05) is 18.2 Å². The maximum atomic E-state index is 11.3. The van der Waals surface area contributed by atoms with Crippen LogP contribution in [0.2, 0.25) is 0 Å². The average molecular weight is 246 g/mol. The van der Waals surface area contributed by atoms with Crippen molar-refractivity contribution in [2.24, 2.45) is 0 Å². The molecule has 1 N–H and O–H groups in total. The Balaban J connectivity index is 2.45. The zero-order valence-electron chi connectivity index (χ0n) is 9.52. The van der Waals surface area contributed by atoms with Crippen LogP contribution in [-0.4, -0.2) is 33.3 Å². The molecule has 1 aromatic heterocycles. The minimum absolute atomic E-state index is 0.0134. The molecule has 1 heterocycles. The van der Waals surface area contributed by atoms with Crippen molar-refractivity contribution in [2.45, 2.75) is 0 Å². The van der Waals surface area contributed by atoms with Crippen molar-refractivity contribution in [1.29, 1.82) is 0 Å². The minimum Gasteiger partial charge on any atom is -0.467 e. The molecule has 2 aromatic rings. The maximum Gasteiger partial charge on any atom is 0.418 e. The van der Waals surface area contributed by atoms with Crippen LogP contribution in [0.15, 0.2) is 36.7 Å². The fourth-order valence-corrected chi connectivity index (χ4v) is 1.37. The van der Waals surface area contributed by atoms with Crippen LogP contribution in [-0.2, 0) is 0 Å². The predicted molar refractivity (Wildman–Crippen MR) is 63.0 cm³/mol. The van der Waals surface area contributed by atoms with Crippen molar-refractivity contribution in [3.63, 3.8) is 0 Å². The van der Waals surface area contributed by atoms with Gasteiger partial charge in [0.05, 0.1) is 12.8 Å². The first-order valence-electron chi connectivity index (χ1n) is 5.03. The Labute approximate surface area is 103 Å². The van der Waals surface area contributed by atoms with E-state index in [9.17, 15) is 9.90 Å². The molecule has 92 valence electrons. The van der Waals surface area contributed by atoms with Crippen molar-refractivity contribution in [1.82, 2.24) is 15.0 Å². The molecule has 18 heavy (non-hydrogen) atoms. The Morgan fingerprint density at radius 1 is 1.28 bits per heavy atom. The van der Waals surface area contributed by atoms with Crippen LogP contribution >= 0.6 is 0 Å². The Kier molecular flexibility index (Phi) is 3.33. The number of carbonyl (C=O) groups is 1. The summed E-state index contributed by atoms with van der Waals surface area (Å²) in [5, 5.41) is 9.23. The van der Waals surface area contributed by atoms with Crippen molar-refractivity contribution in [3.8, 4) is 6.01 Å². The molecule has 0 aliphatic carbocycles. The highest BCUT2D eigenvalue weighted by atomic mass is 16.5. The number of nitrogens with zero attached hydrogens (tertiary/aromatic N) is 4. The average Bonchev–Trinajstić information content (AvgIpc) is 2.40. The minimum atomic E-state index is -1.19. The van der Waals surface area contributed by atoms with Gasteiger partial charge in [-0.3, -0.25) is 0 Å². The van der Waals surface area contributed by atoms with Crippen molar-refractivity contribution in [3.05, 3.63) is 36.7 Å². The molecule has 0 unspecified atom stereocenters. The van der Waals surface area contributed by atoms with E-state index in [1.807, 2.05) is 0 Å². The van der Waals surface area contributed by atoms with Gasteiger partial charge >= 0.3 is 12.1 Å². The quantitative estimate of drug-likeness (QED) is 0.886.